The molecule has 0 saturated heterocycles. The number of aromatic amines is 1. The molecule has 1 aliphatic rings. The monoisotopic (exact) mass is 361 g/mol. The lowest BCUT2D eigenvalue weighted by atomic mass is 9.88. The second-order valence-corrected chi connectivity index (χ2v) is 6.31. The van der Waals surface area contributed by atoms with Crippen LogP contribution in [0.1, 0.15) is 28.5 Å². The van der Waals surface area contributed by atoms with E-state index in [-0.39, 0.29) is 17.0 Å². The third kappa shape index (κ3) is 2.77. The molecule has 3 aromatic rings. The second-order valence-electron chi connectivity index (χ2n) is 6.31. The summed E-state index contributed by atoms with van der Waals surface area (Å²) in [5.74, 6) is 0.113. The lowest BCUT2D eigenvalue weighted by Gasteiger charge is -2.25. The Labute approximate surface area is 154 Å². The molecule has 0 bridgehead atoms. The molecule has 0 aromatic carbocycles. The number of H-pyrrole nitrogens is 1. The SMILES string of the molecule is Cc1cc2c(c(=O)n1Cc1ccc[nH+]c1)C(c1ccco1)C(C#N)=C(N)O2. The van der Waals surface area contributed by atoms with Gasteiger partial charge < -0.3 is 19.5 Å². The largest absolute Gasteiger partial charge is 0.468 e. The van der Waals surface area contributed by atoms with E-state index >= 15 is 0 Å². The van der Waals surface area contributed by atoms with Crippen LogP contribution < -0.4 is 21.0 Å². The van der Waals surface area contributed by atoms with Crippen molar-refractivity contribution in [2.75, 3.05) is 0 Å². The van der Waals surface area contributed by atoms with E-state index in [1.165, 1.54) is 6.26 Å². The molecule has 4 heterocycles. The van der Waals surface area contributed by atoms with Crippen molar-refractivity contribution in [3.63, 3.8) is 0 Å². The number of hydrogen-bond acceptors (Lipinski definition) is 5. The highest BCUT2D eigenvalue weighted by molar-refractivity contribution is 5.53. The standard InChI is InChI=1S/C20H16N4O3/c1-12-8-16-18(20(25)24(12)11-13-4-2-6-23-10-13)17(15-5-3-7-26-15)14(9-21)19(22)27-16/h2-8,10,17H,11,22H2,1H3/p+1. The maximum Gasteiger partial charge on any atom is 0.259 e. The molecule has 1 aliphatic heterocycles. The average molecular weight is 361 g/mol. The Morgan fingerprint density at radius 1 is 1.37 bits per heavy atom. The normalized spacial score (nSPS) is 15.8. The fourth-order valence-corrected chi connectivity index (χ4v) is 3.33. The van der Waals surface area contributed by atoms with E-state index in [9.17, 15) is 10.1 Å². The minimum absolute atomic E-state index is 0.0133. The molecule has 1 unspecified atom stereocenters. The summed E-state index contributed by atoms with van der Waals surface area (Å²) in [6.45, 7) is 2.22. The van der Waals surface area contributed by atoms with Gasteiger partial charge in [0.25, 0.3) is 5.56 Å². The summed E-state index contributed by atoms with van der Waals surface area (Å²) in [6, 6.07) is 11.1. The van der Waals surface area contributed by atoms with Crippen LogP contribution in [0.15, 0.2) is 69.7 Å². The van der Waals surface area contributed by atoms with E-state index in [4.69, 9.17) is 14.9 Å². The molecule has 0 fully saturated rings. The number of allylic oxidation sites excluding steroid dienone is 1. The number of nitriles is 1. The molecular weight excluding hydrogens is 344 g/mol. The third-order valence-electron chi connectivity index (χ3n) is 4.63. The first kappa shape index (κ1) is 16.7. The highest BCUT2D eigenvalue weighted by atomic mass is 16.5. The van der Waals surface area contributed by atoms with Crippen LogP contribution in [0.3, 0.4) is 0 Å². The zero-order chi connectivity index (χ0) is 19.0. The van der Waals surface area contributed by atoms with E-state index in [0.29, 0.717) is 23.6 Å². The van der Waals surface area contributed by atoms with Gasteiger partial charge in [-0.15, -0.1) is 0 Å². The lowest BCUT2D eigenvalue weighted by Crippen LogP contribution is -2.33. The van der Waals surface area contributed by atoms with Crippen LogP contribution in [-0.2, 0) is 6.54 Å². The molecular formula is C20H17N4O3+. The molecule has 3 aromatic heterocycles. The maximum atomic E-state index is 13.4. The van der Waals surface area contributed by atoms with Crippen molar-refractivity contribution >= 4 is 0 Å². The van der Waals surface area contributed by atoms with Crippen LogP contribution in [0.5, 0.6) is 5.75 Å². The number of aromatic nitrogens is 2. The molecule has 7 nitrogen and oxygen atoms in total. The smallest absolute Gasteiger partial charge is 0.259 e. The zero-order valence-corrected chi connectivity index (χ0v) is 14.6. The number of aryl methyl sites for hydroxylation is 1. The first-order valence-corrected chi connectivity index (χ1v) is 8.40. The Kier molecular flexibility index (Phi) is 4.01. The Morgan fingerprint density at radius 2 is 2.22 bits per heavy atom. The summed E-state index contributed by atoms with van der Waals surface area (Å²) < 4.78 is 12.8. The van der Waals surface area contributed by atoms with E-state index in [1.54, 1.807) is 29.0 Å². The van der Waals surface area contributed by atoms with E-state index in [2.05, 4.69) is 11.1 Å². The molecule has 27 heavy (non-hydrogen) atoms. The lowest BCUT2D eigenvalue weighted by molar-refractivity contribution is -0.378. The Bertz CT molecular complexity index is 1120. The molecule has 0 radical (unpaired) electrons. The summed E-state index contributed by atoms with van der Waals surface area (Å²) in [5, 5.41) is 9.58. The van der Waals surface area contributed by atoms with Crippen LogP contribution in [-0.4, -0.2) is 4.57 Å². The van der Waals surface area contributed by atoms with Crippen LogP contribution in [0.2, 0.25) is 0 Å². The third-order valence-corrected chi connectivity index (χ3v) is 4.63. The topological polar surface area (TPSA) is 108 Å². The number of nitrogens with zero attached hydrogens (tertiary/aromatic N) is 2. The Balaban J connectivity index is 1.92. The average Bonchev–Trinajstić information content (AvgIpc) is 3.19. The molecule has 0 spiro atoms. The van der Waals surface area contributed by atoms with Crippen molar-refractivity contribution in [1.82, 2.24) is 4.57 Å². The van der Waals surface area contributed by atoms with Gasteiger partial charge in [0, 0.05) is 23.4 Å². The number of hydrogen-bond donors (Lipinski definition) is 1. The molecule has 4 rings (SSSR count). The van der Waals surface area contributed by atoms with Crippen molar-refractivity contribution in [1.29, 1.82) is 5.26 Å². The Morgan fingerprint density at radius 3 is 2.89 bits per heavy atom. The Hall–Kier alpha value is -3.79. The number of nitrogens with two attached hydrogens (primary N) is 1. The second kappa shape index (κ2) is 6.50. The quantitative estimate of drug-likeness (QED) is 0.765. The predicted molar refractivity (Wildman–Crippen MR) is 95.5 cm³/mol. The number of nitrogens with one attached hydrogen (secondary N) is 1. The zero-order valence-electron chi connectivity index (χ0n) is 14.6. The molecule has 7 heteroatoms. The highest BCUT2D eigenvalue weighted by Crippen LogP contribution is 2.40. The minimum atomic E-state index is -0.699. The fourth-order valence-electron chi connectivity index (χ4n) is 3.33. The van der Waals surface area contributed by atoms with Crippen LogP contribution in [0, 0.1) is 18.3 Å². The van der Waals surface area contributed by atoms with Gasteiger partial charge in [-0.2, -0.15) is 5.26 Å². The first-order valence-electron chi connectivity index (χ1n) is 8.40. The molecule has 1 atom stereocenters. The maximum absolute atomic E-state index is 13.4. The molecule has 0 amide bonds. The van der Waals surface area contributed by atoms with Crippen molar-refractivity contribution in [2.24, 2.45) is 5.73 Å². The van der Waals surface area contributed by atoms with Crippen molar-refractivity contribution in [3.8, 4) is 11.8 Å². The van der Waals surface area contributed by atoms with Gasteiger partial charge in [0.05, 0.1) is 24.3 Å². The van der Waals surface area contributed by atoms with Crippen LogP contribution in [0.25, 0.3) is 0 Å². The number of ether oxygens (including phenoxy) is 1. The summed E-state index contributed by atoms with van der Waals surface area (Å²) in [4.78, 5) is 16.4. The van der Waals surface area contributed by atoms with Gasteiger partial charge in [0.1, 0.15) is 23.2 Å². The van der Waals surface area contributed by atoms with Crippen molar-refractivity contribution < 1.29 is 14.1 Å². The minimum Gasteiger partial charge on any atom is -0.468 e. The van der Waals surface area contributed by atoms with Gasteiger partial charge in [-0.3, -0.25) is 4.79 Å². The summed E-state index contributed by atoms with van der Waals surface area (Å²) >= 11 is 0. The first-order chi connectivity index (χ1) is 13.1. The molecule has 0 aliphatic carbocycles. The summed E-state index contributed by atoms with van der Waals surface area (Å²) in [5.41, 5.74) is 7.89. The summed E-state index contributed by atoms with van der Waals surface area (Å²) in [7, 11) is 0. The van der Waals surface area contributed by atoms with Gasteiger partial charge >= 0.3 is 0 Å². The van der Waals surface area contributed by atoms with E-state index < -0.39 is 5.92 Å². The van der Waals surface area contributed by atoms with E-state index in [1.807, 2.05) is 25.3 Å². The number of pyridine rings is 2. The number of fused-ring (bicyclic) bond motifs is 1. The number of furan rings is 1. The van der Waals surface area contributed by atoms with E-state index in [0.717, 1.165) is 11.3 Å². The highest BCUT2D eigenvalue weighted by Gasteiger charge is 2.36. The fraction of sp³-hybridized carbons (Fsp3) is 0.150. The van der Waals surface area contributed by atoms with Gasteiger partial charge in [-0.25, -0.2) is 4.98 Å². The predicted octanol–water partition coefficient (Wildman–Crippen LogP) is 1.83. The van der Waals surface area contributed by atoms with Gasteiger partial charge in [0.15, 0.2) is 12.4 Å². The van der Waals surface area contributed by atoms with Gasteiger partial charge in [0.2, 0.25) is 5.88 Å². The van der Waals surface area contributed by atoms with Crippen molar-refractivity contribution in [2.45, 2.75) is 19.4 Å². The number of rotatable bonds is 3. The van der Waals surface area contributed by atoms with Crippen molar-refractivity contribution in [3.05, 3.63) is 93.4 Å². The van der Waals surface area contributed by atoms with Crippen LogP contribution in [0.4, 0.5) is 0 Å². The molecule has 0 saturated carbocycles. The molecule has 3 N–H and O–H groups in total. The van der Waals surface area contributed by atoms with Crippen LogP contribution >= 0.6 is 0 Å². The molecule has 134 valence electrons. The van der Waals surface area contributed by atoms with Gasteiger partial charge in [-0.05, 0) is 25.1 Å². The summed E-state index contributed by atoms with van der Waals surface area (Å²) in [6.07, 6.45) is 5.14. The van der Waals surface area contributed by atoms with Gasteiger partial charge in [-0.1, -0.05) is 0 Å².